The normalized spacial score (nSPS) is 24.1. The zero-order valence-electron chi connectivity index (χ0n) is 20.6. The Bertz CT molecular complexity index is 1040. The first-order valence-corrected chi connectivity index (χ1v) is 11.6. The molecule has 3 heterocycles. The minimum atomic E-state index is -1.34. The highest BCUT2D eigenvalue weighted by molar-refractivity contribution is 6.12. The summed E-state index contributed by atoms with van der Waals surface area (Å²) in [5, 5.41) is 33.3. The Balaban J connectivity index is 2.03. The highest BCUT2D eigenvalue weighted by atomic mass is 16.6. The van der Waals surface area contributed by atoms with Gasteiger partial charge in [0.2, 0.25) is 5.91 Å². The van der Waals surface area contributed by atoms with Crippen LogP contribution < -0.4 is 5.32 Å². The predicted octanol–water partition coefficient (Wildman–Crippen LogP) is 2.28. The van der Waals surface area contributed by atoms with Gasteiger partial charge in [0.1, 0.15) is 36.1 Å². The fraction of sp³-hybridized carbons (Fsp3) is 0.667. The maximum absolute atomic E-state index is 13.3. The first kappa shape index (κ1) is 26.2. The van der Waals surface area contributed by atoms with Crippen LogP contribution in [-0.2, 0) is 9.53 Å². The number of Topliss-reactive ketones (excluding diaryl/α,β-unsaturated/α-hetero) is 1. The second kappa shape index (κ2) is 10.1. The molecule has 2 aromatic heterocycles. The lowest BCUT2D eigenvalue weighted by Crippen LogP contribution is -2.33. The van der Waals surface area contributed by atoms with E-state index in [-0.39, 0.29) is 40.1 Å². The van der Waals surface area contributed by atoms with E-state index in [2.05, 4.69) is 49.9 Å². The molecule has 1 aliphatic heterocycles. The number of hydrogen-bond donors (Lipinski definition) is 4. The molecule has 1 amide bonds. The van der Waals surface area contributed by atoms with Crippen LogP contribution in [0.25, 0.3) is 11.0 Å². The topological polar surface area (TPSA) is 147 Å². The van der Waals surface area contributed by atoms with Gasteiger partial charge in [0.25, 0.3) is 0 Å². The summed E-state index contributed by atoms with van der Waals surface area (Å²) in [4.78, 5) is 34.3. The molecule has 0 aromatic carbocycles. The molecule has 10 nitrogen and oxygen atoms in total. The van der Waals surface area contributed by atoms with Crippen LogP contribution in [0.2, 0.25) is 0 Å². The van der Waals surface area contributed by atoms with Crippen molar-refractivity contribution in [2.75, 3.05) is 11.9 Å². The fourth-order valence-electron chi connectivity index (χ4n) is 4.56. The van der Waals surface area contributed by atoms with Gasteiger partial charge in [-0.1, -0.05) is 34.6 Å². The lowest BCUT2D eigenvalue weighted by Gasteiger charge is -2.26. The smallest absolute Gasteiger partial charge is 0.228 e. The van der Waals surface area contributed by atoms with E-state index in [0.717, 1.165) is 0 Å². The molecule has 0 radical (unpaired) electrons. The third-order valence-corrected chi connectivity index (χ3v) is 6.01. The van der Waals surface area contributed by atoms with Crippen molar-refractivity contribution in [1.82, 2.24) is 14.5 Å². The predicted molar refractivity (Wildman–Crippen MR) is 126 cm³/mol. The summed E-state index contributed by atoms with van der Waals surface area (Å²) in [6.07, 6.45) is -0.566. The van der Waals surface area contributed by atoms with Gasteiger partial charge in [-0.25, -0.2) is 9.97 Å². The number of ketones is 1. The van der Waals surface area contributed by atoms with Crippen molar-refractivity contribution in [3.8, 4) is 0 Å². The summed E-state index contributed by atoms with van der Waals surface area (Å²) in [6.45, 7) is 11.3. The number of ether oxygens (including phenoxy) is 1. The molecular weight excluding hydrogens is 440 g/mol. The van der Waals surface area contributed by atoms with Gasteiger partial charge in [-0.15, -0.1) is 0 Å². The average Bonchev–Trinajstić information content (AvgIpc) is 3.25. The summed E-state index contributed by atoms with van der Waals surface area (Å²) >= 11 is 0. The van der Waals surface area contributed by atoms with E-state index >= 15 is 0 Å². The minimum Gasteiger partial charge on any atom is -0.394 e. The van der Waals surface area contributed by atoms with Gasteiger partial charge in [0, 0.05) is 17.7 Å². The number of nitrogens with one attached hydrogen (secondary N) is 1. The fourth-order valence-corrected chi connectivity index (χ4v) is 4.56. The van der Waals surface area contributed by atoms with Gasteiger partial charge < -0.3 is 29.9 Å². The molecule has 0 spiro atoms. The van der Waals surface area contributed by atoms with Gasteiger partial charge in [-0.2, -0.15) is 0 Å². The standard InChI is InChI=1S/C24H36N4O6/c1-12(2)7-14(8-24(4,5)6)22(33)27-20-17-15(13(3)30)9-28(21(17)26-11-25-20)23-19(32)18(31)16(10-29)34-23/h9,11-12,14,16,18-19,23,29,31-32H,7-8,10H2,1-6H3,(H,25,26,27,33)/t14?,16-,18?,19+,23-/m1/s1. The average molecular weight is 477 g/mol. The van der Waals surface area contributed by atoms with Crippen molar-refractivity contribution < 1.29 is 29.6 Å². The molecule has 1 aliphatic rings. The van der Waals surface area contributed by atoms with Gasteiger partial charge >= 0.3 is 0 Å². The van der Waals surface area contributed by atoms with Crippen LogP contribution in [0.1, 0.15) is 71.0 Å². The largest absolute Gasteiger partial charge is 0.394 e. The van der Waals surface area contributed by atoms with Crippen LogP contribution in [0.15, 0.2) is 12.5 Å². The third-order valence-electron chi connectivity index (χ3n) is 6.01. The number of aliphatic hydroxyl groups is 3. The number of aliphatic hydroxyl groups excluding tert-OH is 3. The van der Waals surface area contributed by atoms with Crippen LogP contribution in [0.4, 0.5) is 5.82 Å². The number of anilines is 1. The zero-order valence-corrected chi connectivity index (χ0v) is 20.6. The maximum atomic E-state index is 13.3. The highest BCUT2D eigenvalue weighted by Crippen LogP contribution is 2.36. The second-order valence-corrected chi connectivity index (χ2v) is 10.7. The first-order valence-electron chi connectivity index (χ1n) is 11.6. The zero-order chi connectivity index (χ0) is 25.4. The summed E-state index contributed by atoms with van der Waals surface area (Å²) in [5.41, 5.74) is 0.465. The molecule has 10 heteroatoms. The molecule has 3 rings (SSSR count). The van der Waals surface area contributed by atoms with Gasteiger partial charge in [-0.3, -0.25) is 9.59 Å². The third kappa shape index (κ3) is 5.46. The Morgan fingerprint density at radius 2 is 1.88 bits per heavy atom. The second-order valence-electron chi connectivity index (χ2n) is 10.7. The Hall–Kier alpha value is -2.40. The van der Waals surface area contributed by atoms with E-state index in [4.69, 9.17) is 4.74 Å². The van der Waals surface area contributed by atoms with Crippen molar-refractivity contribution in [3.05, 3.63) is 18.1 Å². The molecular formula is C24H36N4O6. The van der Waals surface area contributed by atoms with Gasteiger partial charge in [0.15, 0.2) is 12.0 Å². The Labute approximate surface area is 199 Å². The molecule has 0 aliphatic carbocycles. The van der Waals surface area contributed by atoms with Gasteiger partial charge in [0.05, 0.1) is 12.0 Å². The van der Waals surface area contributed by atoms with Gasteiger partial charge in [-0.05, 0) is 31.1 Å². The Kier molecular flexibility index (Phi) is 7.76. The van der Waals surface area contributed by atoms with E-state index in [1.165, 1.54) is 24.0 Å². The number of rotatable bonds is 8. The lowest BCUT2D eigenvalue weighted by atomic mass is 9.80. The van der Waals surface area contributed by atoms with Crippen LogP contribution in [-0.4, -0.2) is 66.5 Å². The van der Waals surface area contributed by atoms with E-state index in [9.17, 15) is 24.9 Å². The van der Waals surface area contributed by atoms with Crippen LogP contribution >= 0.6 is 0 Å². The number of amides is 1. The number of carbonyl (C=O) groups is 2. The van der Waals surface area contributed by atoms with E-state index in [0.29, 0.717) is 24.1 Å². The Morgan fingerprint density at radius 3 is 2.41 bits per heavy atom. The Morgan fingerprint density at radius 1 is 1.21 bits per heavy atom. The SMILES string of the molecule is CC(=O)c1cn([C@@H]2O[C@H](CO)C(O)[C@@H]2O)c2ncnc(NC(=O)C(CC(C)C)CC(C)(C)C)c12. The van der Waals surface area contributed by atoms with Crippen molar-refractivity contribution >= 4 is 28.5 Å². The number of hydrogen-bond acceptors (Lipinski definition) is 8. The summed E-state index contributed by atoms with van der Waals surface area (Å²) in [7, 11) is 0. The van der Waals surface area contributed by atoms with E-state index < -0.39 is 31.1 Å². The monoisotopic (exact) mass is 476 g/mol. The molecule has 0 saturated carbocycles. The number of carbonyl (C=O) groups excluding carboxylic acids is 2. The van der Waals surface area contributed by atoms with Crippen molar-refractivity contribution in [2.45, 2.75) is 78.9 Å². The number of nitrogens with zero attached hydrogens (tertiary/aromatic N) is 3. The summed E-state index contributed by atoms with van der Waals surface area (Å²) < 4.78 is 7.07. The maximum Gasteiger partial charge on any atom is 0.228 e. The quantitative estimate of drug-likeness (QED) is 0.424. The molecule has 5 atom stereocenters. The molecule has 188 valence electrons. The molecule has 0 bridgehead atoms. The molecule has 34 heavy (non-hydrogen) atoms. The first-order chi connectivity index (χ1) is 15.8. The van der Waals surface area contributed by atoms with Crippen molar-refractivity contribution in [2.24, 2.45) is 17.3 Å². The van der Waals surface area contributed by atoms with Crippen molar-refractivity contribution in [1.29, 1.82) is 0 Å². The number of fused-ring (bicyclic) bond motifs is 1. The minimum absolute atomic E-state index is 0.0498. The van der Waals surface area contributed by atoms with Crippen LogP contribution in [0, 0.1) is 17.3 Å². The van der Waals surface area contributed by atoms with Crippen LogP contribution in [0.3, 0.4) is 0 Å². The highest BCUT2D eigenvalue weighted by Gasteiger charge is 2.44. The molecule has 4 N–H and O–H groups in total. The van der Waals surface area contributed by atoms with E-state index in [1.54, 1.807) is 0 Å². The summed E-state index contributed by atoms with van der Waals surface area (Å²) in [5.74, 6) is -0.182. The molecule has 1 fully saturated rings. The number of aromatic nitrogens is 3. The summed E-state index contributed by atoms with van der Waals surface area (Å²) in [6, 6.07) is 0. The van der Waals surface area contributed by atoms with Crippen LogP contribution in [0.5, 0.6) is 0 Å². The van der Waals surface area contributed by atoms with Crippen molar-refractivity contribution in [3.63, 3.8) is 0 Å². The molecule has 2 aromatic rings. The molecule has 2 unspecified atom stereocenters. The lowest BCUT2D eigenvalue weighted by molar-refractivity contribution is -0.121. The molecule has 1 saturated heterocycles. The van der Waals surface area contributed by atoms with E-state index in [1.807, 2.05) is 0 Å².